The van der Waals surface area contributed by atoms with Gasteiger partial charge in [-0.3, -0.25) is 0 Å². The lowest BCUT2D eigenvalue weighted by atomic mass is 9.46. The monoisotopic (exact) mass is 432 g/mol. The Kier molecular flexibility index (Phi) is 5.94. The highest BCUT2D eigenvalue weighted by molar-refractivity contribution is 6.76. The molecular formula is C27H48O2Si. The van der Waals surface area contributed by atoms with Crippen molar-refractivity contribution in [3.63, 3.8) is 0 Å². The minimum atomic E-state index is -1.42. The van der Waals surface area contributed by atoms with Gasteiger partial charge in [-0.25, -0.2) is 0 Å². The Bertz CT molecular complexity index is 671. The van der Waals surface area contributed by atoms with E-state index in [2.05, 4.69) is 53.4 Å². The topological polar surface area (TPSA) is 29.5 Å². The first kappa shape index (κ1) is 23.0. The second kappa shape index (κ2) is 7.73. The van der Waals surface area contributed by atoms with Crippen LogP contribution in [0.3, 0.4) is 0 Å². The van der Waals surface area contributed by atoms with Crippen LogP contribution in [0.4, 0.5) is 0 Å². The van der Waals surface area contributed by atoms with Crippen LogP contribution in [-0.2, 0) is 4.74 Å². The predicted molar refractivity (Wildman–Crippen MR) is 129 cm³/mol. The van der Waals surface area contributed by atoms with E-state index in [1.165, 1.54) is 44.9 Å². The summed E-state index contributed by atoms with van der Waals surface area (Å²) in [5.74, 6) is 2.57. The third-order valence-electron chi connectivity index (χ3n) is 9.15. The Morgan fingerprint density at radius 1 is 1.13 bits per heavy atom. The van der Waals surface area contributed by atoms with Crippen molar-refractivity contribution in [1.82, 2.24) is 0 Å². The molecule has 2 nitrogen and oxygen atoms in total. The summed E-state index contributed by atoms with van der Waals surface area (Å²) in [4.78, 5) is 0. The first-order chi connectivity index (χ1) is 13.9. The van der Waals surface area contributed by atoms with Gasteiger partial charge in [-0.05, 0) is 108 Å². The summed E-state index contributed by atoms with van der Waals surface area (Å²) < 4.78 is 6.76. The van der Waals surface area contributed by atoms with Gasteiger partial charge in [0.05, 0.1) is 17.3 Å². The highest BCUT2D eigenvalue weighted by Gasteiger charge is 2.65. The third kappa shape index (κ3) is 4.01. The van der Waals surface area contributed by atoms with Crippen LogP contribution >= 0.6 is 0 Å². The molecule has 0 spiro atoms. The van der Waals surface area contributed by atoms with Gasteiger partial charge >= 0.3 is 0 Å². The zero-order chi connectivity index (χ0) is 21.9. The Morgan fingerprint density at radius 3 is 2.50 bits per heavy atom. The smallest absolute Gasteiger partial charge is 0.0667 e. The highest BCUT2D eigenvalue weighted by Crippen LogP contribution is 2.67. The number of allylic oxidation sites excluding steroid dienone is 2. The van der Waals surface area contributed by atoms with Crippen molar-refractivity contribution in [2.24, 2.45) is 29.1 Å². The molecule has 3 heteroatoms. The van der Waals surface area contributed by atoms with Crippen LogP contribution in [0, 0.1) is 29.1 Å². The first-order valence-corrected chi connectivity index (χ1v) is 16.7. The van der Waals surface area contributed by atoms with Gasteiger partial charge in [0.25, 0.3) is 0 Å². The molecule has 0 amide bonds. The summed E-state index contributed by atoms with van der Waals surface area (Å²) in [6, 6.07) is 1.06. The fourth-order valence-electron chi connectivity index (χ4n) is 8.73. The Labute approximate surface area is 187 Å². The van der Waals surface area contributed by atoms with Gasteiger partial charge in [0.2, 0.25) is 0 Å². The van der Waals surface area contributed by atoms with Gasteiger partial charge in [0.15, 0.2) is 0 Å². The Morgan fingerprint density at radius 2 is 1.87 bits per heavy atom. The molecule has 7 atom stereocenters. The molecular weight excluding hydrogens is 384 g/mol. The van der Waals surface area contributed by atoms with Crippen LogP contribution in [0.2, 0.25) is 25.7 Å². The average molecular weight is 433 g/mol. The number of hydrogen-bond acceptors (Lipinski definition) is 2. The number of rotatable bonds is 4. The molecule has 4 rings (SSSR count). The van der Waals surface area contributed by atoms with Gasteiger partial charge in [-0.15, -0.1) is 0 Å². The maximum atomic E-state index is 12.7. The fourth-order valence-corrected chi connectivity index (χ4v) is 10.9. The lowest BCUT2D eigenvalue weighted by Gasteiger charge is -2.62. The Hall–Kier alpha value is -0.123. The van der Waals surface area contributed by atoms with Crippen LogP contribution in [0.1, 0.15) is 85.5 Å². The quantitative estimate of drug-likeness (QED) is 0.376. The molecule has 0 bridgehead atoms. The highest BCUT2D eigenvalue weighted by atomic mass is 28.3. The molecule has 0 radical (unpaired) electrons. The molecule has 0 aromatic carbocycles. The van der Waals surface area contributed by atoms with E-state index in [-0.39, 0.29) is 11.0 Å². The molecule has 3 fully saturated rings. The zero-order valence-electron chi connectivity index (χ0n) is 20.9. The molecule has 0 saturated heterocycles. The minimum Gasteiger partial charge on any atom is -0.390 e. The standard InChI is InChI=1S/C27H48O2Si/c1-8-26-17-27(28,18-30(5,6)7)24-20-12-10-9-11-19(20)13-14-21(24)22(26)15-16-23(26)29-25(2,3)4/h11,20-24,28H,8-10,12-18H2,1-7H3/t20-,21-,22-,23-,24+,26-,27+/m0/s1. The van der Waals surface area contributed by atoms with Crippen LogP contribution in [0.5, 0.6) is 0 Å². The van der Waals surface area contributed by atoms with Gasteiger partial charge in [-0.1, -0.05) is 38.2 Å². The summed E-state index contributed by atoms with van der Waals surface area (Å²) in [5.41, 5.74) is 1.26. The maximum absolute atomic E-state index is 12.7. The Balaban J connectivity index is 1.77. The average Bonchev–Trinajstić information content (AvgIpc) is 2.96. The van der Waals surface area contributed by atoms with E-state index in [9.17, 15) is 5.11 Å². The summed E-state index contributed by atoms with van der Waals surface area (Å²) in [6.45, 7) is 16.4. The van der Waals surface area contributed by atoms with E-state index in [0.717, 1.165) is 24.8 Å². The summed E-state index contributed by atoms with van der Waals surface area (Å²) in [5, 5.41) is 12.7. The van der Waals surface area contributed by atoms with E-state index in [4.69, 9.17) is 4.74 Å². The van der Waals surface area contributed by atoms with E-state index < -0.39 is 13.7 Å². The summed E-state index contributed by atoms with van der Waals surface area (Å²) >= 11 is 0. The number of hydrogen-bond donors (Lipinski definition) is 1. The molecule has 0 aliphatic heterocycles. The summed E-state index contributed by atoms with van der Waals surface area (Å²) in [7, 11) is -1.42. The lowest BCUT2D eigenvalue weighted by Crippen LogP contribution is -2.62. The van der Waals surface area contributed by atoms with E-state index in [0.29, 0.717) is 23.9 Å². The first-order valence-electron chi connectivity index (χ1n) is 13.0. The van der Waals surface area contributed by atoms with Gasteiger partial charge in [0.1, 0.15) is 0 Å². The lowest BCUT2D eigenvalue weighted by molar-refractivity contribution is -0.201. The van der Waals surface area contributed by atoms with Crippen molar-refractivity contribution < 1.29 is 9.84 Å². The van der Waals surface area contributed by atoms with Crippen LogP contribution in [0.15, 0.2) is 11.6 Å². The van der Waals surface area contributed by atoms with E-state index >= 15 is 0 Å². The van der Waals surface area contributed by atoms with E-state index in [1.807, 2.05) is 0 Å². The van der Waals surface area contributed by atoms with Crippen molar-refractivity contribution in [2.45, 2.75) is 128 Å². The molecule has 1 N–H and O–H groups in total. The molecule has 3 saturated carbocycles. The van der Waals surface area contributed by atoms with Crippen molar-refractivity contribution in [3.05, 3.63) is 11.6 Å². The van der Waals surface area contributed by atoms with Gasteiger partial charge in [-0.2, -0.15) is 0 Å². The molecule has 0 heterocycles. The molecule has 172 valence electrons. The van der Waals surface area contributed by atoms with Crippen molar-refractivity contribution in [3.8, 4) is 0 Å². The van der Waals surface area contributed by atoms with Crippen LogP contribution in [0.25, 0.3) is 0 Å². The van der Waals surface area contributed by atoms with Crippen LogP contribution in [-0.4, -0.2) is 30.5 Å². The number of ether oxygens (including phenoxy) is 1. The third-order valence-corrected chi connectivity index (χ3v) is 10.8. The molecule has 0 aromatic heterocycles. The normalized spacial score (nSPS) is 44.1. The van der Waals surface area contributed by atoms with Crippen LogP contribution < -0.4 is 0 Å². The van der Waals surface area contributed by atoms with Crippen molar-refractivity contribution in [2.75, 3.05) is 0 Å². The summed E-state index contributed by atoms with van der Waals surface area (Å²) in [6.07, 6.45) is 14.0. The fraction of sp³-hybridized carbons (Fsp3) is 0.926. The SMILES string of the molecule is CC[C@]12C[C@@](O)(C[Si](C)(C)C)[C@H]3[C@@H](CCC4=CCCC[C@@H]43)[C@@H]1CC[C@@H]2OC(C)(C)C. The zero-order valence-corrected chi connectivity index (χ0v) is 21.9. The number of aliphatic hydroxyl groups is 1. The minimum absolute atomic E-state index is 0.110. The second-order valence-corrected chi connectivity index (χ2v) is 19.0. The van der Waals surface area contributed by atoms with Crippen molar-refractivity contribution in [1.29, 1.82) is 0 Å². The molecule has 30 heavy (non-hydrogen) atoms. The second-order valence-electron chi connectivity index (χ2n) is 13.6. The van der Waals surface area contributed by atoms with Gasteiger partial charge < -0.3 is 9.84 Å². The molecule has 0 aromatic rings. The number of fused-ring (bicyclic) bond motifs is 5. The molecule has 0 unspecified atom stereocenters. The molecule has 4 aliphatic carbocycles. The van der Waals surface area contributed by atoms with Crippen molar-refractivity contribution >= 4 is 8.07 Å². The maximum Gasteiger partial charge on any atom is 0.0667 e. The predicted octanol–water partition coefficient (Wildman–Crippen LogP) is 7.20. The van der Waals surface area contributed by atoms with Gasteiger partial charge in [0, 0.05) is 13.5 Å². The van der Waals surface area contributed by atoms with E-state index in [1.54, 1.807) is 5.57 Å². The molecule has 4 aliphatic rings. The largest absolute Gasteiger partial charge is 0.390 e.